The van der Waals surface area contributed by atoms with Crippen molar-refractivity contribution in [2.45, 2.75) is 67.8 Å². The number of carbonyl (C=O) groups excluding carboxylic acids is 1. The van der Waals surface area contributed by atoms with Gasteiger partial charge in [-0.05, 0) is 55.4 Å². The first-order chi connectivity index (χ1) is 23.0. The minimum atomic E-state index is -3.64. The maximum absolute atomic E-state index is 13.6. The van der Waals surface area contributed by atoms with Gasteiger partial charge in [0, 0.05) is 71.3 Å². The number of benzene rings is 1. The molecule has 15 heteroatoms. The van der Waals surface area contributed by atoms with Crippen LogP contribution in [-0.2, 0) is 82.7 Å². The number of fused-ring (bicyclic) bond motifs is 5. The van der Waals surface area contributed by atoms with Gasteiger partial charge in [-0.25, -0.2) is 8.42 Å². The van der Waals surface area contributed by atoms with Crippen LogP contribution >= 0.6 is 0 Å². The standard InChI is InChI=1S/C28H30N2O4S.6CO.2Co/c1-2-3-11-21-17-23-24-15-16-29(35(32,33)22-12-7-5-8-13-22)19-28(24)18-20-10-6-4-9-14-25(31)30(20)27(28)26(23)34-21;6*1-2;;/h1,5-8,10,12-13,17,20,24,27H,3-4,9,11,14-16,18-19H2;;;;;;;;/b10-6-;;;;;;;;/t20-,24-,27-,28-;;;;;;;;/m1......../s1. The van der Waals surface area contributed by atoms with Crippen molar-refractivity contribution < 1.29 is 79.1 Å². The SMILES string of the molecule is C#CCCc1cc2c(o1)[C@H]1N3C(=O)CCC/C=C\[C@@H]3C[C@]13CN(S(=O)(=O)c1ccccc1)CC[C@H]23.[C-]#[O+].[C-]#[O+].[C-]#[O+].[C-]#[O+].[C-]#[O+].[C-]#[O+].[Co].[Co]. The molecular formula is C34H30Co2N2O10S. The number of nitrogens with zero attached hydrogens (tertiary/aromatic N) is 2. The molecule has 0 bridgehead atoms. The van der Waals surface area contributed by atoms with E-state index in [1.807, 2.05) is 11.0 Å². The molecule has 2 fully saturated rings. The maximum atomic E-state index is 13.6. The van der Waals surface area contributed by atoms with E-state index in [0.717, 1.165) is 36.3 Å². The molecule has 12 nitrogen and oxygen atoms in total. The zero-order chi connectivity index (χ0) is 36.2. The molecule has 1 spiro atoms. The molecule has 0 N–H and O–H groups in total. The number of carbonyl (C=O) groups is 1. The Balaban J connectivity index is -0.00000137. The van der Waals surface area contributed by atoms with Crippen LogP contribution < -0.4 is 0 Å². The number of hydrogen-bond acceptors (Lipinski definition) is 4. The number of furan rings is 1. The molecular weight excluding hydrogens is 746 g/mol. The number of hydrogen-bond donors (Lipinski definition) is 0. The fourth-order valence-electron chi connectivity index (χ4n) is 6.95. The van der Waals surface area contributed by atoms with Gasteiger partial charge in [-0.1, -0.05) is 30.4 Å². The van der Waals surface area contributed by atoms with E-state index in [1.165, 1.54) is 0 Å². The molecule has 0 saturated carbocycles. The van der Waals surface area contributed by atoms with Crippen LogP contribution in [-0.4, -0.2) is 42.7 Å². The van der Waals surface area contributed by atoms with Crippen molar-refractivity contribution in [2.75, 3.05) is 13.1 Å². The van der Waals surface area contributed by atoms with Crippen molar-refractivity contribution in [3.63, 3.8) is 0 Å². The van der Waals surface area contributed by atoms with Crippen molar-refractivity contribution in [1.29, 1.82) is 0 Å². The van der Waals surface area contributed by atoms with Gasteiger partial charge in [0.15, 0.2) is 0 Å². The van der Waals surface area contributed by atoms with Gasteiger partial charge >= 0.3 is 67.8 Å². The topological polar surface area (TPSA) is 190 Å². The van der Waals surface area contributed by atoms with Crippen LogP contribution in [0.3, 0.4) is 0 Å². The van der Waals surface area contributed by atoms with Gasteiger partial charge in [-0.3, -0.25) is 4.79 Å². The molecule has 3 aliphatic heterocycles. The second-order valence-corrected chi connectivity index (χ2v) is 12.2. The van der Waals surface area contributed by atoms with Gasteiger partial charge in [0.25, 0.3) is 0 Å². The second kappa shape index (κ2) is 25.6. The smallest absolute Gasteiger partial charge is 0 e. The van der Waals surface area contributed by atoms with Crippen LogP contribution in [0.25, 0.3) is 0 Å². The average molecular weight is 777 g/mol. The minimum Gasteiger partial charge on any atom is 0 e. The van der Waals surface area contributed by atoms with Crippen molar-refractivity contribution in [3.8, 4) is 12.3 Å². The van der Waals surface area contributed by atoms with Crippen LogP contribution in [0.2, 0.25) is 0 Å². The third-order valence-corrected chi connectivity index (χ3v) is 10.2. The van der Waals surface area contributed by atoms with Crippen molar-refractivity contribution in [2.24, 2.45) is 5.41 Å². The summed E-state index contributed by atoms with van der Waals surface area (Å²) in [6.07, 6.45) is 14.8. The van der Waals surface area contributed by atoms with Gasteiger partial charge in [0.2, 0.25) is 15.9 Å². The summed E-state index contributed by atoms with van der Waals surface area (Å²) in [4.78, 5) is 15.8. The zero-order valence-electron chi connectivity index (χ0n) is 25.8. The molecule has 6 rings (SSSR count). The van der Waals surface area contributed by atoms with Crippen LogP contribution in [0.4, 0.5) is 0 Å². The number of amides is 1. The van der Waals surface area contributed by atoms with E-state index >= 15 is 0 Å². The predicted molar refractivity (Wildman–Crippen MR) is 155 cm³/mol. The quantitative estimate of drug-likeness (QED) is 0.195. The van der Waals surface area contributed by atoms with Crippen LogP contribution in [0.1, 0.15) is 67.6 Å². The van der Waals surface area contributed by atoms with E-state index in [0.29, 0.717) is 43.7 Å². The van der Waals surface area contributed by atoms with E-state index in [-0.39, 0.29) is 57.5 Å². The molecule has 4 atom stereocenters. The molecule has 1 aromatic carbocycles. The Morgan fingerprint density at radius 1 is 0.959 bits per heavy atom. The average Bonchev–Trinajstić information content (AvgIpc) is 3.77. The molecule has 1 aromatic heterocycles. The number of rotatable bonds is 4. The molecule has 260 valence electrons. The Morgan fingerprint density at radius 3 is 2.12 bits per heavy atom. The van der Waals surface area contributed by atoms with Gasteiger partial charge in [0.05, 0.1) is 17.0 Å². The summed E-state index contributed by atoms with van der Waals surface area (Å²) in [5, 5.41) is 0. The molecule has 4 heterocycles. The first-order valence-electron chi connectivity index (χ1n) is 13.8. The van der Waals surface area contributed by atoms with Crippen LogP contribution in [0.15, 0.2) is 57.9 Å². The van der Waals surface area contributed by atoms with Crippen LogP contribution in [0, 0.1) is 57.7 Å². The normalized spacial score (nSPS) is 22.4. The molecule has 2 saturated heterocycles. The summed E-state index contributed by atoms with van der Waals surface area (Å²) in [5.74, 6) is 4.69. The first-order valence-corrected chi connectivity index (χ1v) is 15.2. The largest absolute Gasteiger partial charge is 0 e. The van der Waals surface area contributed by atoms with E-state index < -0.39 is 15.4 Å². The predicted octanol–water partition coefficient (Wildman–Crippen LogP) is 4.18. The van der Waals surface area contributed by atoms with E-state index in [1.54, 1.807) is 28.6 Å². The monoisotopic (exact) mass is 776 g/mol. The van der Waals surface area contributed by atoms with Gasteiger partial charge < -0.3 is 9.32 Å². The van der Waals surface area contributed by atoms with E-state index in [2.05, 4.69) is 64.0 Å². The minimum absolute atomic E-state index is 0. The fourth-order valence-corrected chi connectivity index (χ4v) is 8.51. The molecule has 49 heavy (non-hydrogen) atoms. The van der Waals surface area contributed by atoms with Crippen LogP contribution in [0.5, 0.6) is 0 Å². The molecule has 1 aliphatic carbocycles. The summed E-state index contributed by atoms with van der Waals surface area (Å²) in [7, 11) is -3.64. The third-order valence-electron chi connectivity index (χ3n) is 8.37. The van der Waals surface area contributed by atoms with Gasteiger partial charge in [-0.15, -0.1) is 12.3 Å². The van der Waals surface area contributed by atoms with Gasteiger partial charge in [-0.2, -0.15) is 4.31 Å². The number of sulfonamides is 1. The molecule has 4 aliphatic rings. The number of aryl methyl sites for hydroxylation is 1. The summed E-state index contributed by atoms with van der Waals surface area (Å²) in [6.45, 7) is 27.8. The maximum Gasteiger partial charge on any atom is 0 e. The molecule has 2 radical (unpaired) electrons. The fraction of sp³-hybridized carbons (Fsp3) is 0.382. The first kappa shape index (κ1) is 50.0. The van der Waals surface area contributed by atoms with E-state index in [9.17, 15) is 13.2 Å². The third kappa shape index (κ3) is 10.6. The van der Waals surface area contributed by atoms with Crippen molar-refractivity contribution in [1.82, 2.24) is 9.21 Å². The Hall–Kier alpha value is -3.37. The zero-order valence-corrected chi connectivity index (χ0v) is 28.7. The Labute approximate surface area is 307 Å². The number of allylic oxidation sites excluding steroid dienone is 1. The summed E-state index contributed by atoms with van der Waals surface area (Å²) in [6, 6.07) is 10.5. The second-order valence-electron chi connectivity index (χ2n) is 10.3. The Bertz CT molecular complexity index is 1570. The number of piperidine rings is 1. The summed E-state index contributed by atoms with van der Waals surface area (Å²) < 4.78 is 80.3. The van der Waals surface area contributed by atoms with E-state index in [4.69, 9.17) is 38.8 Å². The Kier molecular flexibility index (Phi) is 26.1. The molecule has 2 aromatic rings. The Morgan fingerprint density at radius 2 is 1.55 bits per heavy atom. The number of terminal acetylenes is 1. The van der Waals surface area contributed by atoms with Crippen molar-refractivity contribution in [3.05, 3.63) is 106 Å². The molecule has 0 unspecified atom stereocenters. The summed E-state index contributed by atoms with van der Waals surface area (Å²) in [5.41, 5.74) is 0.754. The van der Waals surface area contributed by atoms with Gasteiger partial charge in [0.1, 0.15) is 11.5 Å². The van der Waals surface area contributed by atoms with Crippen molar-refractivity contribution >= 4 is 15.9 Å². The molecule has 1 amide bonds. The summed E-state index contributed by atoms with van der Waals surface area (Å²) >= 11 is 0.